The quantitative estimate of drug-likeness (QED) is 0.751. The van der Waals surface area contributed by atoms with Gasteiger partial charge in [0.2, 0.25) is 0 Å². The molecule has 0 aromatic rings. The molecule has 3 heteroatoms. The predicted octanol–water partition coefficient (Wildman–Crippen LogP) is 2.90. The van der Waals surface area contributed by atoms with Gasteiger partial charge < -0.3 is 10.1 Å². The number of piperazine rings is 1. The third-order valence-electron chi connectivity index (χ3n) is 4.37. The smallest absolute Gasteiger partial charge is 0.0593 e. The van der Waals surface area contributed by atoms with Crippen LogP contribution in [0.25, 0.3) is 0 Å². The lowest BCUT2D eigenvalue weighted by Crippen LogP contribution is -2.65. The second-order valence-corrected chi connectivity index (χ2v) is 7.26. The Bertz CT molecular complexity index is 262. The van der Waals surface area contributed by atoms with Gasteiger partial charge in [-0.25, -0.2) is 0 Å². The van der Waals surface area contributed by atoms with Gasteiger partial charge in [-0.05, 0) is 25.2 Å². The SMILES string of the molecule is CCCOCCN1CC(C)(CC)NCC1C(C)(C)C. The fraction of sp³-hybridized carbons (Fsp3) is 1.00. The molecule has 0 aromatic heterocycles. The minimum Gasteiger partial charge on any atom is -0.380 e. The van der Waals surface area contributed by atoms with E-state index < -0.39 is 0 Å². The van der Waals surface area contributed by atoms with Crippen LogP contribution < -0.4 is 5.32 Å². The van der Waals surface area contributed by atoms with E-state index >= 15 is 0 Å². The van der Waals surface area contributed by atoms with E-state index in [0.717, 1.165) is 39.3 Å². The molecule has 19 heavy (non-hydrogen) atoms. The largest absolute Gasteiger partial charge is 0.380 e. The van der Waals surface area contributed by atoms with Gasteiger partial charge >= 0.3 is 0 Å². The zero-order chi connectivity index (χ0) is 14.5. The monoisotopic (exact) mass is 270 g/mol. The van der Waals surface area contributed by atoms with Gasteiger partial charge in [0.05, 0.1) is 6.61 Å². The van der Waals surface area contributed by atoms with Crippen LogP contribution in [0.15, 0.2) is 0 Å². The van der Waals surface area contributed by atoms with Crippen LogP contribution in [0.3, 0.4) is 0 Å². The summed E-state index contributed by atoms with van der Waals surface area (Å²) in [7, 11) is 0. The summed E-state index contributed by atoms with van der Waals surface area (Å²) in [6.07, 6.45) is 2.28. The van der Waals surface area contributed by atoms with E-state index in [4.69, 9.17) is 4.74 Å². The first-order chi connectivity index (χ1) is 8.82. The average molecular weight is 270 g/mol. The van der Waals surface area contributed by atoms with Crippen molar-refractivity contribution in [1.29, 1.82) is 0 Å². The molecule has 0 spiro atoms. The number of nitrogens with one attached hydrogen (secondary N) is 1. The van der Waals surface area contributed by atoms with E-state index in [2.05, 4.69) is 51.8 Å². The Hall–Kier alpha value is -0.120. The van der Waals surface area contributed by atoms with Crippen molar-refractivity contribution in [3.8, 4) is 0 Å². The van der Waals surface area contributed by atoms with Crippen LogP contribution in [0.5, 0.6) is 0 Å². The molecular weight excluding hydrogens is 236 g/mol. The maximum absolute atomic E-state index is 5.69. The minimum absolute atomic E-state index is 0.256. The number of hydrogen-bond acceptors (Lipinski definition) is 3. The van der Waals surface area contributed by atoms with E-state index in [0.29, 0.717) is 11.5 Å². The van der Waals surface area contributed by atoms with Crippen molar-refractivity contribution in [3.63, 3.8) is 0 Å². The van der Waals surface area contributed by atoms with E-state index in [9.17, 15) is 0 Å². The summed E-state index contributed by atoms with van der Waals surface area (Å²) >= 11 is 0. The summed E-state index contributed by atoms with van der Waals surface area (Å²) < 4.78 is 5.69. The van der Waals surface area contributed by atoms with Gasteiger partial charge in [-0.1, -0.05) is 34.6 Å². The van der Waals surface area contributed by atoms with Crippen LogP contribution in [0.2, 0.25) is 0 Å². The van der Waals surface area contributed by atoms with Crippen molar-refractivity contribution in [2.45, 2.75) is 66.0 Å². The lowest BCUT2D eigenvalue weighted by atomic mass is 9.81. The molecule has 1 heterocycles. The molecule has 0 bridgehead atoms. The van der Waals surface area contributed by atoms with Gasteiger partial charge in [-0.3, -0.25) is 4.90 Å². The molecule has 0 amide bonds. The van der Waals surface area contributed by atoms with Gasteiger partial charge in [0.25, 0.3) is 0 Å². The number of rotatable bonds is 6. The van der Waals surface area contributed by atoms with Crippen molar-refractivity contribution in [2.24, 2.45) is 5.41 Å². The Morgan fingerprint density at radius 3 is 2.47 bits per heavy atom. The highest BCUT2D eigenvalue weighted by atomic mass is 16.5. The van der Waals surface area contributed by atoms with Crippen LogP contribution in [0, 0.1) is 5.41 Å². The first-order valence-electron chi connectivity index (χ1n) is 7.89. The highest BCUT2D eigenvalue weighted by Gasteiger charge is 2.39. The van der Waals surface area contributed by atoms with Gasteiger partial charge in [0.15, 0.2) is 0 Å². The Morgan fingerprint density at radius 1 is 1.26 bits per heavy atom. The molecule has 0 saturated carbocycles. The van der Waals surface area contributed by atoms with Crippen molar-refractivity contribution < 1.29 is 4.74 Å². The zero-order valence-electron chi connectivity index (χ0n) is 13.9. The Morgan fingerprint density at radius 2 is 1.95 bits per heavy atom. The second kappa shape index (κ2) is 7.05. The second-order valence-electron chi connectivity index (χ2n) is 7.26. The van der Waals surface area contributed by atoms with Gasteiger partial charge in [0, 0.05) is 37.8 Å². The summed E-state index contributed by atoms with van der Waals surface area (Å²) in [5.41, 5.74) is 0.569. The number of nitrogens with zero attached hydrogens (tertiary/aromatic N) is 1. The van der Waals surface area contributed by atoms with Gasteiger partial charge in [-0.2, -0.15) is 0 Å². The molecule has 2 atom stereocenters. The molecule has 1 fully saturated rings. The molecule has 1 aliphatic heterocycles. The molecule has 1 saturated heterocycles. The Kier molecular flexibility index (Phi) is 6.28. The Labute approximate surface area is 120 Å². The molecule has 1 rings (SSSR count). The fourth-order valence-electron chi connectivity index (χ4n) is 2.84. The summed E-state index contributed by atoms with van der Waals surface area (Å²) in [6, 6.07) is 0.595. The average Bonchev–Trinajstić information content (AvgIpc) is 2.33. The molecule has 1 N–H and O–H groups in total. The van der Waals surface area contributed by atoms with Crippen molar-refractivity contribution in [1.82, 2.24) is 10.2 Å². The van der Waals surface area contributed by atoms with Gasteiger partial charge in [-0.15, -0.1) is 0 Å². The molecular formula is C16H34N2O. The summed E-state index contributed by atoms with van der Waals surface area (Å²) in [4.78, 5) is 2.63. The van der Waals surface area contributed by atoms with Crippen LogP contribution in [0.4, 0.5) is 0 Å². The van der Waals surface area contributed by atoms with E-state index in [1.807, 2.05) is 0 Å². The van der Waals surface area contributed by atoms with Crippen LogP contribution in [0.1, 0.15) is 54.4 Å². The van der Waals surface area contributed by atoms with Crippen molar-refractivity contribution >= 4 is 0 Å². The summed E-state index contributed by atoms with van der Waals surface area (Å²) in [6.45, 7) is 18.8. The molecule has 2 unspecified atom stereocenters. The molecule has 0 aliphatic carbocycles. The standard InChI is InChI=1S/C16H34N2O/c1-7-10-19-11-9-18-13-16(6,8-2)17-12-14(18)15(3,4)5/h14,17H,7-13H2,1-6H3. The number of hydrogen-bond donors (Lipinski definition) is 1. The Balaban J connectivity index is 2.61. The topological polar surface area (TPSA) is 24.5 Å². The lowest BCUT2D eigenvalue weighted by Gasteiger charge is -2.50. The number of ether oxygens (including phenoxy) is 1. The fourth-order valence-corrected chi connectivity index (χ4v) is 2.84. The normalized spacial score (nSPS) is 29.7. The highest BCUT2D eigenvalue weighted by Crippen LogP contribution is 2.29. The summed E-state index contributed by atoms with van der Waals surface area (Å²) in [5, 5.41) is 3.75. The van der Waals surface area contributed by atoms with Gasteiger partial charge in [0.1, 0.15) is 0 Å². The summed E-state index contributed by atoms with van der Waals surface area (Å²) in [5.74, 6) is 0. The van der Waals surface area contributed by atoms with Crippen molar-refractivity contribution in [3.05, 3.63) is 0 Å². The van der Waals surface area contributed by atoms with Crippen LogP contribution in [-0.2, 0) is 4.74 Å². The third kappa shape index (κ3) is 5.05. The molecule has 0 aromatic carbocycles. The highest BCUT2D eigenvalue weighted by molar-refractivity contribution is 4.98. The first-order valence-corrected chi connectivity index (χ1v) is 7.89. The third-order valence-corrected chi connectivity index (χ3v) is 4.37. The van der Waals surface area contributed by atoms with Crippen LogP contribution in [-0.4, -0.2) is 49.3 Å². The molecule has 114 valence electrons. The molecule has 3 nitrogen and oxygen atoms in total. The lowest BCUT2D eigenvalue weighted by molar-refractivity contribution is 0.00382. The zero-order valence-corrected chi connectivity index (χ0v) is 13.9. The maximum atomic E-state index is 5.69. The van der Waals surface area contributed by atoms with E-state index in [1.165, 1.54) is 6.42 Å². The minimum atomic E-state index is 0.256. The maximum Gasteiger partial charge on any atom is 0.0593 e. The predicted molar refractivity (Wildman–Crippen MR) is 82.6 cm³/mol. The molecule has 0 radical (unpaired) electrons. The van der Waals surface area contributed by atoms with E-state index in [-0.39, 0.29) is 5.54 Å². The van der Waals surface area contributed by atoms with E-state index in [1.54, 1.807) is 0 Å². The first kappa shape index (κ1) is 16.9. The van der Waals surface area contributed by atoms with Crippen LogP contribution >= 0.6 is 0 Å². The van der Waals surface area contributed by atoms with Crippen molar-refractivity contribution in [2.75, 3.05) is 32.8 Å². The molecule has 1 aliphatic rings.